The Morgan fingerprint density at radius 3 is 2.42 bits per heavy atom. The number of nitrogen functional groups attached to an aromatic ring is 1. The molecule has 0 aliphatic rings. The van der Waals surface area contributed by atoms with Crippen LogP contribution in [0.3, 0.4) is 0 Å². The highest BCUT2D eigenvalue weighted by molar-refractivity contribution is 9.10. The number of nitrogens with two attached hydrogens (primary N) is 1. The minimum Gasteiger partial charge on any atom is -0.493 e. The summed E-state index contributed by atoms with van der Waals surface area (Å²) in [5.74, 6) is 1.94. The van der Waals surface area contributed by atoms with E-state index in [1.165, 1.54) is 0 Å². The van der Waals surface area contributed by atoms with E-state index in [2.05, 4.69) is 33.1 Å². The van der Waals surface area contributed by atoms with E-state index < -0.39 is 0 Å². The Bertz CT molecular complexity index is 596. The summed E-state index contributed by atoms with van der Waals surface area (Å²) in [6.45, 7) is 2.06. The van der Waals surface area contributed by atoms with Crippen LogP contribution in [-0.2, 0) is 6.42 Å². The maximum atomic E-state index is 5.90. The fraction of sp³-hybridized carbons (Fsp3) is 0.308. The molecular weight excluding hydrogens is 310 g/mol. The molecule has 0 bridgehead atoms. The summed E-state index contributed by atoms with van der Waals surface area (Å²) >= 11 is 3.50. The van der Waals surface area contributed by atoms with Crippen LogP contribution in [0.1, 0.15) is 12.5 Å². The second-order valence-corrected chi connectivity index (χ2v) is 4.86. The average Bonchev–Trinajstić information content (AvgIpc) is 2.83. The third-order valence-electron chi connectivity index (χ3n) is 3.01. The Morgan fingerprint density at radius 1 is 1.26 bits per heavy atom. The molecule has 0 aliphatic heterocycles. The van der Waals surface area contributed by atoms with Crippen LogP contribution in [0.15, 0.2) is 16.7 Å². The Labute approximate surface area is 120 Å². The number of aromatic nitrogens is 2. The molecule has 6 heteroatoms. The van der Waals surface area contributed by atoms with Crippen molar-refractivity contribution in [2.24, 2.45) is 0 Å². The molecule has 0 aliphatic carbocycles. The fourth-order valence-corrected chi connectivity index (χ4v) is 2.73. The quantitative estimate of drug-likeness (QED) is 0.906. The lowest BCUT2D eigenvalue weighted by Crippen LogP contribution is -2.00. The number of ether oxygens (including phenoxy) is 2. The van der Waals surface area contributed by atoms with Crippen LogP contribution in [-0.4, -0.2) is 24.4 Å². The van der Waals surface area contributed by atoms with Crippen molar-refractivity contribution < 1.29 is 9.47 Å². The molecule has 3 N–H and O–H groups in total. The van der Waals surface area contributed by atoms with Crippen LogP contribution in [0.2, 0.25) is 0 Å². The SMILES string of the molecule is CCc1c(-c2cn[nH]c2N)cc(Br)c(OC)c1OC. The highest BCUT2D eigenvalue weighted by atomic mass is 79.9. The summed E-state index contributed by atoms with van der Waals surface area (Å²) in [6, 6.07) is 1.97. The van der Waals surface area contributed by atoms with Crippen LogP contribution in [0.5, 0.6) is 11.5 Å². The minimum absolute atomic E-state index is 0.536. The number of anilines is 1. The molecule has 1 heterocycles. The first-order valence-electron chi connectivity index (χ1n) is 5.86. The molecular formula is C13H16BrN3O2. The van der Waals surface area contributed by atoms with E-state index in [0.717, 1.165) is 33.3 Å². The first kappa shape index (κ1) is 13.7. The number of hydrogen-bond acceptors (Lipinski definition) is 4. The fourth-order valence-electron chi connectivity index (χ4n) is 2.16. The molecule has 0 fully saturated rings. The van der Waals surface area contributed by atoms with Crippen molar-refractivity contribution in [2.45, 2.75) is 13.3 Å². The summed E-state index contributed by atoms with van der Waals surface area (Å²) in [7, 11) is 3.25. The molecule has 1 aromatic carbocycles. The van der Waals surface area contributed by atoms with Crippen LogP contribution >= 0.6 is 15.9 Å². The molecule has 5 nitrogen and oxygen atoms in total. The number of aromatic amines is 1. The zero-order valence-corrected chi connectivity index (χ0v) is 12.7. The van der Waals surface area contributed by atoms with Gasteiger partial charge in [0.15, 0.2) is 11.5 Å². The van der Waals surface area contributed by atoms with Gasteiger partial charge in [-0.25, -0.2) is 0 Å². The molecule has 1 aromatic heterocycles. The Balaban J connectivity index is 2.75. The second-order valence-electron chi connectivity index (χ2n) is 4.00. The van der Waals surface area contributed by atoms with Crippen molar-refractivity contribution in [3.8, 4) is 22.6 Å². The standard InChI is InChI=1S/C13H16BrN3O2/c1-4-7-8(9-6-16-17-13(9)15)5-10(14)12(19-3)11(7)18-2/h5-6H,4H2,1-3H3,(H3,15,16,17). The zero-order chi connectivity index (χ0) is 14.0. The van der Waals surface area contributed by atoms with E-state index in [4.69, 9.17) is 15.2 Å². The van der Waals surface area contributed by atoms with Crippen molar-refractivity contribution in [1.29, 1.82) is 0 Å². The largest absolute Gasteiger partial charge is 0.493 e. The van der Waals surface area contributed by atoms with Gasteiger partial charge in [-0.2, -0.15) is 5.10 Å². The van der Waals surface area contributed by atoms with Gasteiger partial charge in [-0.15, -0.1) is 0 Å². The van der Waals surface area contributed by atoms with E-state index in [1.807, 2.05) is 6.07 Å². The third kappa shape index (κ3) is 2.28. The van der Waals surface area contributed by atoms with Gasteiger partial charge in [0.1, 0.15) is 5.82 Å². The number of benzene rings is 1. The summed E-state index contributed by atoms with van der Waals surface area (Å²) < 4.78 is 11.7. The van der Waals surface area contributed by atoms with Gasteiger partial charge in [0.25, 0.3) is 0 Å². The van der Waals surface area contributed by atoms with Crippen LogP contribution in [0.25, 0.3) is 11.1 Å². The highest BCUT2D eigenvalue weighted by Gasteiger charge is 2.20. The van der Waals surface area contributed by atoms with Gasteiger partial charge in [0.05, 0.1) is 24.9 Å². The van der Waals surface area contributed by atoms with Gasteiger partial charge in [-0.1, -0.05) is 6.92 Å². The van der Waals surface area contributed by atoms with Gasteiger partial charge in [0, 0.05) is 11.1 Å². The van der Waals surface area contributed by atoms with Crippen molar-refractivity contribution in [3.63, 3.8) is 0 Å². The van der Waals surface area contributed by atoms with E-state index >= 15 is 0 Å². The first-order valence-corrected chi connectivity index (χ1v) is 6.65. The lowest BCUT2D eigenvalue weighted by Gasteiger charge is -2.17. The van der Waals surface area contributed by atoms with Crippen molar-refractivity contribution in [3.05, 3.63) is 22.3 Å². The zero-order valence-electron chi connectivity index (χ0n) is 11.1. The Morgan fingerprint density at radius 2 is 1.95 bits per heavy atom. The average molecular weight is 326 g/mol. The first-order chi connectivity index (χ1) is 9.13. The maximum Gasteiger partial charge on any atom is 0.175 e. The van der Waals surface area contributed by atoms with Crippen LogP contribution in [0.4, 0.5) is 5.82 Å². The molecule has 102 valence electrons. The number of nitrogens with one attached hydrogen (secondary N) is 1. The van der Waals surface area contributed by atoms with Crippen molar-refractivity contribution in [1.82, 2.24) is 10.2 Å². The van der Waals surface area contributed by atoms with Crippen molar-refractivity contribution in [2.75, 3.05) is 20.0 Å². The van der Waals surface area contributed by atoms with E-state index in [-0.39, 0.29) is 0 Å². The van der Waals surface area contributed by atoms with Gasteiger partial charge >= 0.3 is 0 Å². The minimum atomic E-state index is 0.536. The van der Waals surface area contributed by atoms with Gasteiger partial charge in [0.2, 0.25) is 0 Å². The molecule has 0 spiro atoms. The summed E-state index contributed by atoms with van der Waals surface area (Å²) in [6.07, 6.45) is 2.51. The number of nitrogens with zero attached hydrogens (tertiary/aromatic N) is 1. The molecule has 0 radical (unpaired) electrons. The number of rotatable bonds is 4. The third-order valence-corrected chi connectivity index (χ3v) is 3.60. The molecule has 0 saturated carbocycles. The molecule has 0 atom stereocenters. The van der Waals surface area contributed by atoms with Gasteiger partial charge in [-0.3, -0.25) is 5.10 Å². The summed E-state index contributed by atoms with van der Waals surface area (Å²) in [5, 5.41) is 6.71. The maximum absolute atomic E-state index is 5.90. The Kier molecular flexibility index (Phi) is 3.99. The summed E-state index contributed by atoms with van der Waals surface area (Å²) in [5.41, 5.74) is 8.78. The molecule has 2 aromatic rings. The second kappa shape index (κ2) is 5.52. The van der Waals surface area contributed by atoms with Crippen LogP contribution in [0, 0.1) is 0 Å². The highest BCUT2D eigenvalue weighted by Crippen LogP contribution is 2.44. The molecule has 0 saturated heterocycles. The molecule has 2 rings (SSSR count). The van der Waals surface area contributed by atoms with Crippen LogP contribution < -0.4 is 15.2 Å². The number of halogens is 1. The predicted molar refractivity (Wildman–Crippen MR) is 78.6 cm³/mol. The number of H-pyrrole nitrogens is 1. The monoisotopic (exact) mass is 325 g/mol. The lowest BCUT2D eigenvalue weighted by atomic mass is 9.98. The molecule has 0 unspecified atom stereocenters. The number of hydrogen-bond donors (Lipinski definition) is 2. The summed E-state index contributed by atoms with van der Waals surface area (Å²) in [4.78, 5) is 0. The van der Waals surface area contributed by atoms with Crippen molar-refractivity contribution >= 4 is 21.7 Å². The molecule has 0 amide bonds. The van der Waals surface area contributed by atoms with Gasteiger partial charge < -0.3 is 15.2 Å². The molecule has 19 heavy (non-hydrogen) atoms. The lowest BCUT2D eigenvalue weighted by molar-refractivity contribution is 0.350. The normalized spacial score (nSPS) is 10.5. The topological polar surface area (TPSA) is 73.2 Å². The number of methoxy groups -OCH3 is 2. The predicted octanol–water partition coefficient (Wildman–Crippen LogP) is 3.00. The van der Waals surface area contributed by atoms with E-state index in [9.17, 15) is 0 Å². The van der Waals surface area contributed by atoms with E-state index in [0.29, 0.717) is 11.6 Å². The van der Waals surface area contributed by atoms with E-state index in [1.54, 1.807) is 20.4 Å². The van der Waals surface area contributed by atoms with Gasteiger partial charge in [-0.05, 0) is 34.0 Å². The Hall–Kier alpha value is -1.69. The smallest absolute Gasteiger partial charge is 0.175 e.